The van der Waals surface area contributed by atoms with Crippen molar-refractivity contribution in [2.75, 3.05) is 5.32 Å². The molecule has 0 fully saturated rings. The Morgan fingerprint density at radius 2 is 1.76 bits per heavy atom. The molecule has 6 heteroatoms. The van der Waals surface area contributed by atoms with Crippen molar-refractivity contribution >= 4 is 67.8 Å². The van der Waals surface area contributed by atoms with Gasteiger partial charge in [-0.3, -0.25) is 0 Å². The van der Waals surface area contributed by atoms with Crippen molar-refractivity contribution in [2.24, 2.45) is 0 Å². The molecule has 0 unspecified atom stereocenters. The first-order valence-electron chi connectivity index (χ1n) is 4.69. The summed E-state index contributed by atoms with van der Waals surface area (Å²) >= 11 is 22.9. The summed E-state index contributed by atoms with van der Waals surface area (Å²) in [5.74, 6) is 0. The normalized spacial score (nSPS) is 10.6. The van der Waals surface area contributed by atoms with Crippen molar-refractivity contribution in [1.82, 2.24) is 0 Å². The summed E-state index contributed by atoms with van der Waals surface area (Å²) in [5.41, 5.74) is 0.737. The molecule has 0 aliphatic carbocycles. The van der Waals surface area contributed by atoms with Crippen LogP contribution in [0.1, 0.15) is 4.88 Å². The summed E-state index contributed by atoms with van der Waals surface area (Å²) in [6.07, 6.45) is 0. The van der Waals surface area contributed by atoms with E-state index in [2.05, 4.69) is 21.2 Å². The van der Waals surface area contributed by atoms with Crippen LogP contribution < -0.4 is 5.32 Å². The van der Waals surface area contributed by atoms with Crippen molar-refractivity contribution in [3.63, 3.8) is 0 Å². The fourth-order valence-electron chi connectivity index (χ4n) is 1.33. The molecule has 0 radical (unpaired) electrons. The zero-order valence-electron chi connectivity index (χ0n) is 8.44. The molecule has 1 N–H and O–H groups in total. The Kier molecular flexibility index (Phi) is 4.61. The maximum Gasteiger partial charge on any atom is 0.0931 e. The molecule has 0 amide bonds. The van der Waals surface area contributed by atoms with Crippen LogP contribution in [-0.4, -0.2) is 0 Å². The van der Waals surface area contributed by atoms with Gasteiger partial charge in [0.2, 0.25) is 0 Å². The van der Waals surface area contributed by atoms with Crippen LogP contribution in [0, 0.1) is 0 Å². The highest BCUT2D eigenvalue weighted by Crippen LogP contribution is 2.34. The third-order valence-electron chi connectivity index (χ3n) is 2.08. The lowest BCUT2D eigenvalue weighted by Gasteiger charge is -2.09. The molecule has 2 aromatic rings. The predicted octanol–water partition coefficient (Wildman–Crippen LogP) is 6.08. The van der Waals surface area contributed by atoms with E-state index < -0.39 is 0 Å². The van der Waals surface area contributed by atoms with Gasteiger partial charge in [0.1, 0.15) is 0 Å². The predicted molar refractivity (Wildman–Crippen MR) is 80.8 cm³/mol. The van der Waals surface area contributed by atoms with Crippen LogP contribution in [0.3, 0.4) is 0 Å². The van der Waals surface area contributed by atoms with E-state index in [1.165, 1.54) is 11.3 Å². The minimum atomic E-state index is 0.590. The molecule has 0 saturated carbocycles. The smallest absolute Gasteiger partial charge is 0.0931 e. The molecule has 1 aromatic carbocycles. The van der Waals surface area contributed by atoms with Gasteiger partial charge in [-0.05, 0) is 24.3 Å². The molecule has 1 aromatic heterocycles. The van der Waals surface area contributed by atoms with Gasteiger partial charge in [0.15, 0.2) is 0 Å². The van der Waals surface area contributed by atoms with Crippen molar-refractivity contribution in [2.45, 2.75) is 6.54 Å². The number of hydrogen-bond acceptors (Lipinski definition) is 2. The van der Waals surface area contributed by atoms with Gasteiger partial charge in [-0.15, -0.1) is 11.3 Å². The lowest BCUT2D eigenvalue weighted by Crippen LogP contribution is -1.98. The van der Waals surface area contributed by atoms with E-state index in [0.717, 1.165) is 19.4 Å². The fraction of sp³-hybridized carbons (Fsp3) is 0.0909. The summed E-state index contributed by atoms with van der Waals surface area (Å²) < 4.78 is 1.63. The molecule has 0 atom stereocenters. The Balaban J connectivity index is 2.14. The van der Waals surface area contributed by atoms with E-state index in [4.69, 9.17) is 34.8 Å². The van der Waals surface area contributed by atoms with E-state index in [1.807, 2.05) is 12.1 Å². The Hall–Kier alpha value is 0.0700. The van der Waals surface area contributed by atoms with Gasteiger partial charge in [0.05, 0.1) is 20.1 Å². The Morgan fingerprint density at radius 1 is 1.12 bits per heavy atom. The van der Waals surface area contributed by atoms with Crippen molar-refractivity contribution in [1.29, 1.82) is 0 Å². The molecule has 17 heavy (non-hydrogen) atoms. The third-order valence-corrected chi connectivity index (χ3v) is 4.36. The zero-order valence-corrected chi connectivity index (χ0v) is 13.1. The second-order valence-corrected chi connectivity index (χ2v) is 6.83. The zero-order chi connectivity index (χ0) is 12.4. The highest BCUT2D eigenvalue weighted by Gasteiger charge is 2.07. The average molecular weight is 372 g/mol. The summed E-state index contributed by atoms with van der Waals surface area (Å²) in [7, 11) is 0. The van der Waals surface area contributed by atoms with Crippen LogP contribution in [0.4, 0.5) is 5.69 Å². The molecule has 1 heterocycles. The van der Waals surface area contributed by atoms with Crippen molar-refractivity contribution in [3.8, 4) is 0 Å². The standard InChI is InChI=1S/C11H7BrCl3NS/c12-6-3-8(13)11(9(14)4-6)16-5-7-1-2-10(15)17-7/h1-4,16H,5H2. The number of benzene rings is 1. The van der Waals surface area contributed by atoms with Gasteiger partial charge in [0.25, 0.3) is 0 Å². The van der Waals surface area contributed by atoms with E-state index in [9.17, 15) is 0 Å². The SMILES string of the molecule is Clc1ccc(CNc2c(Cl)cc(Br)cc2Cl)s1. The summed E-state index contributed by atoms with van der Waals surface area (Å²) in [6.45, 7) is 0.651. The van der Waals surface area contributed by atoms with Gasteiger partial charge in [-0.1, -0.05) is 50.7 Å². The highest BCUT2D eigenvalue weighted by atomic mass is 79.9. The molecule has 0 saturated heterocycles. The quantitative estimate of drug-likeness (QED) is 0.689. The van der Waals surface area contributed by atoms with Crippen LogP contribution in [0.2, 0.25) is 14.4 Å². The minimum absolute atomic E-state index is 0.590. The second-order valence-electron chi connectivity index (χ2n) is 3.30. The molecule has 90 valence electrons. The van der Waals surface area contributed by atoms with Gasteiger partial charge >= 0.3 is 0 Å². The summed E-state index contributed by atoms with van der Waals surface area (Å²) in [4.78, 5) is 1.13. The van der Waals surface area contributed by atoms with E-state index in [0.29, 0.717) is 16.6 Å². The van der Waals surface area contributed by atoms with Gasteiger partial charge in [-0.25, -0.2) is 0 Å². The molecule has 0 aliphatic rings. The molecular weight excluding hydrogens is 364 g/mol. The number of rotatable bonds is 3. The first-order chi connectivity index (χ1) is 8.06. The van der Waals surface area contributed by atoms with Crippen molar-refractivity contribution in [3.05, 3.63) is 48.0 Å². The van der Waals surface area contributed by atoms with Crippen LogP contribution >= 0.6 is 62.1 Å². The number of nitrogens with one attached hydrogen (secondary N) is 1. The maximum atomic E-state index is 6.11. The van der Waals surface area contributed by atoms with Crippen LogP contribution in [0.5, 0.6) is 0 Å². The first-order valence-corrected chi connectivity index (χ1v) is 7.43. The lowest BCUT2D eigenvalue weighted by molar-refractivity contribution is 1.19. The molecule has 0 bridgehead atoms. The topological polar surface area (TPSA) is 12.0 Å². The molecule has 0 aliphatic heterocycles. The minimum Gasteiger partial charge on any atom is -0.378 e. The Labute approximate surface area is 127 Å². The average Bonchev–Trinajstić information content (AvgIpc) is 2.62. The monoisotopic (exact) mass is 369 g/mol. The molecule has 1 nitrogen and oxygen atoms in total. The van der Waals surface area contributed by atoms with Gasteiger partial charge in [-0.2, -0.15) is 0 Å². The second kappa shape index (κ2) is 5.81. The number of anilines is 1. The van der Waals surface area contributed by atoms with Gasteiger partial charge in [0, 0.05) is 15.9 Å². The van der Waals surface area contributed by atoms with Crippen molar-refractivity contribution < 1.29 is 0 Å². The number of halogens is 4. The fourth-order valence-corrected chi connectivity index (χ4v) is 3.70. The van der Waals surface area contributed by atoms with Crippen LogP contribution in [0.15, 0.2) is 28.7 Å². The maximum absolute atomic E-state index is 6.11. The lowest BCUT2D eigenvalue weighted by atomic mass is 10.3. The highest BCUT2D eigenvalue weighted by molar-refractivity contribution is 9.10. The molecule has 2 rings (SSSR count). The van der Waals surface area contributed by atoms with Gasteiger partial charge < -0.3 is 5.32 Å². The molecule has 0 spiro atoms. The Bertz CT molecular complexity index is 518. The van der Waals surface area contributed by atoms with Crippen LogP contribution in [-0.2, 0) is 6.54 Å². The summed E-state index contributed by atoms with van der Waals surface area (Å²) in [6, 6.07) is 7.45. The largest absolute Gasteiger partial charge is 0.378 e. The number of thiophene rings is 1. The number of hydrogen-bond donors (Lipinski definition) is 1. The van der Waals surface area contributed by atoms with E-state index >= 15 is 0 Å². The third kappa shape index (κ3) is 3.52. The summed E-state index contributed by atoms with van der Waals surface area (Å²) in [5, 5.41) is 4.38. The first kappa shape index (κ1) is 13.5. The Morgan fingerprint density at radius 3 is 2.29 bits per heavy atom. The van der Waals surface area contributed by atoms with E-state index in [1.54, 1.807) is 12.1 Å². The van der Waals surface area contributed by atoms with E-state index in [-0.39, 0.29) is 0 Å². The van der Waals surface area contributed by atoms with Crippen LogP contribution in [0.25, 0.3) is 0 Å². The molecular formula is C11H7BrCl3NS.